The smallest absolute Gasteiger partial charge is 0.314 e. The van der Waals surface area contributed by atoms with Gasteiger partial charge in [-0.2, -0.15) is 17.6 Å². The molecule has 80 valence electrons. The first kappa shape index (κ1) is 12.6. The molecule has 0 saturated carbocycles. The molecule has 0 heterocycles. The van der Waals surface area contributed by atoms with Gasteiger partial charge in [0.25, 0.3) is 0 Å². The van der Waals surface area contributed by atoms with E-state index in [2.05, 4.69) is 4.74 Å². The molecule has 0 unspecified atom stereocenters. The molecule has 6 heteroatoms. The van der Waals surface area contributed by atoms with Crippen molar-refractivity contribution < 1.29 is 22.3 Å². The molecular weight excluding hydrogens is 190 g/mol. The third kappa shape index (κ3) is 4.42. The second kappa shape index (κ2) is 4.23. The number of nitrogens with zero attached hydrogens (tertiary/aromatic N) is 1. The van der Waals surface area contributed by atoms with Crippen LogP contribution >= 0.6 is 0 Å². The average molecular weight is 203 g/mol. The van der Waals surface area contributed by atoms with Gasteiger partial charge in [-0.1, -0.05) is 0 Å². The van der Waals surface area contributed by atoms with Crippen molar-refractivity contribution >= 4 is 0 Å². The summed E-state index contributed by atoms with van der Waals surface area (Å²) in [4.78, 5) is 1.56. The Morgan fingerprint density at radius 1 is 1.15 bits per heavy atom. The van der Waals surface area contributed by atoms with E-state index in [0.717, 1.165) is 0 Å². The highest BCUT2D eigenvalue weighted by Gasteiger charge is 2.53. The Balaban J connectivity index is 3.90. The summed E-state index contributed by atoms with van der Waals surface area (Å²) in [5, 5.41) is 0. The van der Waals surface area contributed by atoms with Crippen LogP contribution in [0, 0.1) is 0 Å². The molecule has 2 nitrogen and oxygen atoms in total. The van der Waals surface area contributed by atoms with E-state index < -0.39 is 18.6 Å². The predicted octanol–water partition coefficient (Wildman–Crippen LogP) is 1.81. The largest absolute Gasteiger partial charge is 0.419 e. The zero-order valence-corrected chi connectivity index (χ0v) is 7.78. The van der Waals surface area contributed by atoms with Crippen molar-refractivity contribution in [2.45, 2.75) is 19.0 Å². The summed E-state index contributed by atoms with van der Waals surface area (Å²) in [5.74, 6) is -4.14. The van der Waals surface area contributed by atoms with Crippen molar-refractivity contribution in [3.63, 3.8) is 0 Å². The third-order valence-corrected chi connectivity index (χ3v) is 1.33. The highest BCUT2D eigenvalue weighted by atomic mass is 19.3. The molecule has 0 aliphatic heterocycles. The maximum absolute atomic E-state index is 12.4. The van der Waals surface area contributed by atoms with Crippen LogP contribution in [0.3, 0.4) is 0 Å². The molecule has 0 spiro atoms. The number of alkyl halides is 4. The Bertz CT molecular complexity index is 155. The van der Waals surface area contributed by atoms with Gasteiger partial charge in [-0.3, -0.25) is 0 Å². The van der Waals surface area contributed by atoms with Gasteiger partial charge in [0.1, 0.15) is 0 Å². The fraction of sp³-hybridized carbons (Fsp3) is 1.00. The molecule has 0 amide bonds. The number of halogens is 4. The molecule has 0 atom stereocenters. The van der Waals surface area contributed by atoms with E-state index in [9.17, 15) is 17.6 Å². The summed E-state index contributed by atoms with van der Waals surface area (Å²) in [6.07, 6.45) is -4.39. The molecule has 0 aliphatic carbocycles. The normalized spacial score (nSPS) is 13.8. The van der Waals surface area contributed by atoms with Crippen molar-refractivity contribution in [3.05, 3.63) is 0 Å². The van der Waals surface area contributed by atoms with Gasteiger partial charge in [0.15, 0.2) is 0 Å². The summed E-state index contributed by atoms with van der Waals surface area (Å²) >= 11 is 0. The number of likely N-dealkylation sites (N-methyl/N-ethyl adjacent to an activating group) is 1. The molecule has 0 aromatic rings. The van der Waals surface area contributed by atoms with Gasteiger partial charge in [-0.25, -0.2) is 0 Å². The summed E-state index contributed by atoms with van der Waals surface area (Å²) in [6.45, 7) is -0.127. The summed E-state index contributed by atoms with van der Waals surface area (Å²) in [5.41, 5.74) is 0. The van der Waals surface area contributed by atoms with Crippen LogP contribution in [-0.4, -0.2) is 44.2 Å². The Labute approximate surface area is 74.5 Å². The van der Waals surface area contributed by atoms with E-state index in [0.29, 0.717) is 0 Å². The van der Waals surface area contributed by atoms with Gasteiger partial charge in [0.05, 0.1) is 6.61 Å². The van der Waals surface area contributed by atoms with Gasteiger partial charge in [0.2, 0.25) is 0 Å². The minimum absolute atomic E-state index is 0.128. The maximum Gasteiger partial charge on any atom is 0.419 e. The first-order valence-corrected chi connectivity index (χ1v) is 3.71. The number of hydrogen-bond acceptors (Lipinski definition) is 2. The summed E-state index contributed by atoms with van der Waals surface area (Å²) < 4.78 is 52.8. The zero-order valence-electron chi connectivity index (χ0n) is 7.78. The van der Waals surface area contributed by atoms with E-state index in [1.165, 1.54) is 0 Å². The molecule has 0 rings (SSSR count). The van der Waals surface area contributed by atoms with Crippen molar-refractivity contribution in [2.75, 3.05) is 27.2 Å². The quantitative estimate of drug-likeness (QED) is 0.632. The Kier molecular flexibility index (Phi) is 4.12. The number of hydrogen-bond donors (Lipinski definition) is 0. The van der Waals surface area contributed by atoms with Crippen LogP contribution in [0.2, 0.25) is 0 Å². The first-order valence-electron chi connectivity index (χ1n) is 3.71. The SMILES string of the molecule is CN(C)CCOC(F)(F)C(C)(F)F. The minimum atomic E-state index is -4.39. The van der Waals surface area contributed by atoms with Crippen LogP contribution in [0.4, 0.5) is 17.6 Å². The minimum Gasteiger partial charge on any atom is -0.314 e. The second-order valence-electron chi connectivity index (χ2n) is 3.06. The fourth-order valence-electron chi connectivity index (χ4n) is 0.483. The lowest BCUT2D eigenvalue weighted by atomic mass is 10.4. The van der Waals surface area contributed by atoms with Gasteiger partial charge >= 0.3 is 12.0 Å². The van der Waals surface area contributed by atoms with Crippen LogP contribution in [-0.2, 0) is 4.74 Å². The molecule has 0 saturated heterocycles. The molecule has 0 radical (unpaired) electrons. The van der Waals surface area contributed by atoms with Crippen molar-refractivity contribution in [3.8, 4) is 0 Å². The van der Waals surface area contributed by atoms with Gasteiger partial charge in [-0.05, 0) is 14.1 Å². The molecule has 0 aliphatic rings. The van der Waals surface area contributed by atoms with Gasteiger partial charge in [-0.15, -0.1) is 0 Å². The second-order valence-corrected chi connectivity index (χ2v) is 3.06. The Hall–Kier alpha value is -0.360. The molecular formula is C7H13F4NO. The van der Waals surface area contributed by atoms with E-state index in [-0.39, 0.29) is 13.5 Å². The van der Waals surface area contributed by atoms with E-state index in [4.69, 9.17) is 0 Å². The highest BCUT2D eigenvalue weighted by Crippen LogP contribution is 2.34. The topological polar surface area (TPSA) is 12.5 Å². The van der Waals surface area contributed by atoms with Crippen molar-refractivity contribution in [2.24, 2.45) is 0 Å². The molecule has 13 heavy (non-hydrogen) atoms. The molecule has 0 fully saturated rings. The monoisotopic (exact) mass is 203 g/mol. The lowest BCUT2D eigenvalue weighted by Gasteiger charge is -2.23. The predicted molar refractivity (Wildman–Crippen MR) is 40.1 cm³/mol. The summed E-state index contributed by atoms with van der Waals surface area (Å²) in [6, 6.07) is 0. The maximum atomic E-state index is 12.4. The van der Waals surface area contributed by atoms with Crippen LogP contribution in [0.5, 0.6) is 0 Å². The average Bonchev–Trinajstić information content (AvgIpc) is 1.82. The molecule has 0 aromatic heterocycles. The highest BCUT2D eigenvalue weighted by molar-refractivity contribution is 4.70. The summed E-state index contributed by atoms with van der Waals surface area (Å²) in [7, 11) is 3.26. The van der Waals surface area contributed by atoms with E-state index in [1.54, 1.807) is 19.0 Å². The lowest BCUT2D eigenvalue weighted by Crippen LogP contribution is -2.41. The van der Waals surface area contributed by atoms with Gasteiger partial charge < -0.3 is 9.64 Å². The van der Waals surface area contributed by atoms with Crippen LogP contribution < -0.4 is 0 Å². The number of rotatable bonds is 5. The molecule has 0 bridgehead atoms. The first-order chi connectivity index (χ1) is 5.67. The van der Waals surface area contributed by atoms with Crippen LogP contribution in [0.15, 0.2) is 0 Å². The molecule has 0 N–H and O–H groups in total. The van der Waals surface area contributed by atoms with Gasteiger partial charge in [0, 0.05) is 13.5 Å². The number of ether oxygens (including phenoxy) is 1. The van der Waals surface area contributed by atoms with Crippen LogP contribution in [0.25, 0.3) is 0 Å². The van der Waals surface area contributed by atoms with Crippen molar-refractivity contribution in [1.82, 2.24) is 4.90 Å². The van der Waals surface area contributed by atoms with E-state index >= 15 is 0 Å². The third-order valence-electron chi connectivity index (χ3n) is 1.33. The fourth-order valence-corrected chi connectivity index (χ4v) is 0.483. The zero-order chi connectivity index (χ0) is 10.7. The standard InChI is InChI=1S/C7H13F4NO/c1-6(8,9)7(10,11)13-5-4-12(2)3/h4-5H2,1-3H3. The van der Waals surface area contributed by atoms with Crippen LogP contribution in [0.1, 0.15) is 6.92 Å². The Morgan fingerprint density at radius 2 is 1.62 bits per heavy atom. The Morgan fingerprint density at radius 3 is 1.92 bits per heavy atom. The molecule has 0 aromatic carbocycles. The lowest BCUT2D eigenvalue weighted by molar-refractivity contribution is -0.341. The van der Waals surface area contributed by atoms with E-state index in [1.807, 2.05) is 0 Å². The van der Waals surface area contributed by atoms with Crippen molar-refractivity contribution in [1.29, 1.82) is 0 Å².